The van der Waals surface area contributed by atoms with Gasteiger partial charge >= 0.3 is 0 Å². The fraction of sp³-hybridized carbons (Fsp3) is 1.00. The molecule has 1 N–H and O–H groups in total. The van der Waals surface area contributed by atoms with Crippen LogP contribution in [0, 0.1) is 23.7 Å². The SMILES string of the molecule is CCCC1CCC(O)C(C2CCCC(C)C2)C1. The molecule has 0 spiro atoms. The summed E-state index contributed by atoms with van der Waals surface area (Å²) in [7, 11) is 0. The minimum Gasteiger partial charge on any atom is -0.393 e. The van der Waals surface area contributed by atoms with E-state index >= 15 is 0 Å². The van der Waals surface area contributed by atoms with Crippen LogP contribution in [0.2, 0.25) is 0 Å². The third-order valence-corrected chi connectivity index (χ3v) is 5.25. The van der Waals surface area contributed by atoms with E-state index < -0.39 is 0 Å². The van der Waals surface area contributed by atoms with Gasteiger partial charge in [0.2, 0.25) is 0 Å². The quantitative estimate of drug-likeness (QED) is 0.773. The number of hydrogen-bond donors (Lipinski definition) is 1. The fourth-order valence-corrected chi connectivity index (χ4v) is 4.33. The van der Waals surface area contributed by atoms with Gasteiger partial charge in [-0.05, 0) is 49.4 Å². The van der Waals surface area contributed by atoms with Gasteiger partial charge in [-0.3, -0.25) is 0 Å². The van der Waals surface area contributed by atoms with Crippen molar-refractivity contribution in [3.05, 3.63) is 0 Å². The molecule has 17 heavy (non-hydrogen) atoms. The van der Waals surface area contributed by atoms with Gasteiger partial charge < -0.3 is 5.11 Å². The van der Waals surface area contributed by atoms with Crippen molar-refractivity contribution < 1.29 is 5.11 Å². The summed E-state index contributed by atoms with van der Waals surface area (Å²) in [5.41, 5.74) is 0. The van der Waals surface area contributed by atoms with E-state index in [-0.39, 0.29) is 6.10 Å². The Bertz CT molecular complexity index is 226. The zero-order valence-corrected chi connectivity index (χ0v) is 11.7. The van der Waals surface area contributed by atoms with E-state index in [4.69, 9.17) is 0 Å². The highest BCUT2D eigenvalue weighted by Gasteiger charge is 2.35. The Morgan fingerprint density at radius 2 is 1.88 bits per heavy atom. The van der Waals surface area contributed by atoms with Crippen LogP contribution in [-0.4, -0.2) is 11.2 Å². The van der Waals surface area contributed by atoms with Gasteiger partial charge in [0.1, 0.15) is 0 Å². The minimum atomic E-state index is 0.0124. The number of rotatable bonds is 3. The summed E-state index contributed by atoms with van der Waals surface area (Å²) in [5, 5.41) is 10.3. The molecule has 5 atom stereocenters. The first-order valence-corrected chi connectivity index (χ1v) is 7.88. The van der Waals surface area contributed by atoms with Gasteiger partial charge in [-0.1, -0.05) is 46.0 Å². The largest absolute Gasteiger partial charge is 0.393 e. The van der Waals surface area contributed by atoms with Crippen LogP contribution >= 0.6 is 0 Å². The molecule has 0 heterocycles. The maximum atomic E-state index is 10.3. The van der Waals surface area contributed by atoms with Crippen molar-refractivity contribution in [2.24, 2.45) is 23.7 Å². The maximum Gasteiger partial charge on any atom is 0.0571 e. The second kappa shape index (κ2) is 6.22. The second-order valence-electron chi connectivity index (χ2n) is 6.73. The van der Waals surface area contributed by atoms with E-state index in [2.05, 4.69) is 13.8 Å². The third-order valence-electron chi connectivity index (χ3n) is 5.25. The molecular weight excluding hydrogens is 208 g/mol. The first-order chi connectivity index (χ1) is 8.20. The Kier molecular flexibility index (Phi) is 4.90. The number of aliphatic hydroxyl groups excluding tert-OH is 1. The fourth-order valence-electron chi connectivity index (χ4n) is 4.33. The average molecular weight is 238 g/mol. The topological polar surface area (TPSA) is 20.2 Å². The normalized spacial score (nSPS) is 43.6. The summed E-state index contributed by atoms with van der Waals surface area (Å²) >= 11 is 0. The van der Waals surface area contributed by atoms with Crippen LogP contribution in [0.25, 0.3) is 0 Å². The Labute approximate surface area is 107 Å². The monoisotopic (exact) mass is 238 g/mol. The molecule has 5 unspecified atom stereocenters. The summed E-state index contributed by atoms with van der Waals surface area (Å²) in [5.74, 6) is 3.26. The summed E-state index contributed by atoms with van der Waals surface area (Å²) in [6, 6.07) is 0. The summed E-state index contributed by atoms with van der Waals surface area (Å²) in [6.07, 6.45) is 11.9. The molecule has 0 amide bonds. The van der Waals surface area contributed by atoms with Crippen molar-refractivity contribution in [3.8, 4) is 0 Å². The zero-order valence-electron chi connectivity index (χ0n) is 11.7. The first-order valence-electron chi connectivity index (χ1n) is 7.88. The standard InChI is InChI=1S/C16H30O/c1-3-5-13-8-9-16(17)15(11-13)14-7-4-6-12(2)10-14/h12-17H,3-11H2,1-2H3. The lowest BCUT2D eigenvalue weighted by atomic mass is 9.66. The molecular formula is C16H30O. The Hall–Kier alpha value is -0.0400. The molecule has 0 aromatic heterocycles. The molecule has 1 heteroatoms. The van der Waals surface area contributed by atoms with Crippen molar-refractivity contribution in [3.63, 3.8) is 0 Å². The third kappa shape index (κ3) is 3.47. The lowest BCUT2D eigenvalue weighted by Crippen LogP contribution is -2.36. The molecule has 0 saturated heterocycles. The molecule has 2 aliphatic carbocycles. The predicted octanol–water partition coefficient (Wildman–Crippen LogP) is 4.39. The van der Waals surface area contributed by atoms with Crippen LogP contribution < -0.4 is 0 Å². The number of aliphatic hydroxyl groups is 1. The predicted molar refractivity (Wildman–Crippen MR) is 72.9 cm³/mol. The number of hydrogen-bond acceptors (Lipinski definition) is 1. The maximum absolute atomic E-state index is 10.3. The minimum absolute atomic E-state index is 0.0124. The van der Waals surface area contributed by atoms with Crippen molar-refractivity contribution in [2.45, 2.75) is 77.7 Å². The van der Waals surface area contributed by atoms with Crippen molar-refractivity contribution in [1.29, 1.82) is 0 Å². The Morgan fingerprint density at radius 1 is 1.06 bits per heavy atom. The van der Waals surface area contributed by atoms with Crippen molar-refractivity contribution in [1.82, 2.24) is 0 Å². The Balaban J connectivity index is 1.92. The van der Waals surface area contributed by atoms with E-state index in [0.29, 0.717) is 5.92 Å². The molecule has 0 radical (unpaired) electrons. The molecule has 0 bridgehead atoms. The molecule has 0 aliphatic heterocycles. The summed E-state index contributed by atoms with van der Waals surface area (Å²) in [4.78, 5) is 0. The molecule has 2 saturated carbocycles. The van der Waals surface area contributed by atoms with Gasteiger partial charge in [0.15, 0.2) is 0 Å². The molecule has 1 nitrogen and oxygen atoms in total. The van der Waals surface area contributed by atoms with Gasteiger partial charge in [0, 0.05) is 0 Å². The molecule has 2 rings (SSSR count). The average Bonchev–Trinajstić information content (AvgIpc) is 2.32. The first kappa shape index (κ1) is 13.4. The van der Waals surface area contributed by atoms with Crippen molar-refractivity contribution >= 4 is 0 Å². The van der Waals surface area contributed by atoms with Crippen LogP contribution in [0.1, 0.15) is 71.6 Å². The van der Waals surface area contributed by atoms with Crippen LogP contribution in [0.4, 0.5) is 0 Å². The molecule has 2 fully saturated rings. The summed E-state index contributed by atoms with van der Waals surface area (Å²) < 4.78 is 0. The van der Waals surface area contributed by atoms with Crippen LogP contribution in [0.3, 0.4) is 0 Å². The lowest BCUT2D eigenvalue weighted by molar-refractivity contribution is -0.000131. The molecule has 0 aromatic carbocycles. The van der Waals surface area contributed by atoms with Crippen LogP contribution in [0.15, 0.2) is 0 Å². The highest BCUT2D eigenvalue weighted by atomic mass is 16.3. The van der Waals surface area contributed by atoms with Crippen LogP contribution in [0.5, 0.6) is 0 Å². The van der Waals surface area contributed by atoms with Gasteiger partial charge in [-0.15, -0.1) is 0 Å². The summed E-state index contributed by atoms with van der Waals surface area (Å²) in [6.45, 7) is 4.69. The second-order valence-corrected chi connectivity index (χ2v) is 6.73. The highest BCUT2D eigenvalue weighted by Crippen LogP contribution is 2.42. The van der Waals surface area contributed by atoms with Gasteiger partial charge in [0.25, 0.3) is 0 Å². The van der Waals surface area contributed by atoms with E-state index in [9.17, 15) is 5.11 Å². The highest BCUT2D eigenvalue weighted by molar-refractivity contribution is 4.86. The Morgan fingerprint density at radius 3 is 2.59 bits per heavy atom. The van der Waals surface area contributed by atoms with Gasteiger partial charge in [-0.2, -0.15) is 0 Å². The van der Waals surface area contributed by atoms with E-state index in [1.807, 2.05) is 0 Å². The van der Waals surface area contributed by atoms with E-state index in [0.717, 1.165) is 24.2 Å². The van der Waals surface area contributed by atoms with Crippen LogP contribution in [-0.2, 0) is 0 Å². The smallest absolute Gasteiger partial charge is 0.0571 e. The zero-order chi connectivity index (χ0) is 12.3. The lowest BCUT2D eigenvalue weighted by Gasteiger charge is -2.41. The molecule has 100 valence electrons. The van der Waals surface area contributed by atoms with Crippen molar-refractivity contribution in [2.75, 3.05) is 0 Å². The van der Waals surface area contributed by atoms with Gasteiger partial charge in [0.05, 0.1) is 6.10 Å². The molecule has 0 aromatic rings. The van der Waals surface area contributed by atoms with E-state index in [1.165, 1.54) is 51.4 Å². The molecule has 2 aliphatic rings. The van der Waals surface area contributed by atoms with Gasteiger partial charge in [-0.25, -0.2) is 0 Å². The van der Waals surface area contributed by atoms with E-state index in [1.54, 1.807) is 0 Å².